The number of rotatable bonds is 5. The van der Waals surface area contributed by atoms with Gasteiger partial charge in [-0.1, -0.05) is 36.4 Å². The summed E-state index contributed by atoms with van der Waals surface area (Å²) >= 11 is 0. The number of fused-ring (bicyclic) bond motifs is 3. The minimum absolute atomic E-state index is 0.146. The van der Waals surface area contributed by atoms with Gasteiger partial charge in [-0.15, -0.1) is 0 Å². The Bertz CT molecular complexity index is 1440. The Hall–Kier alpha value is -3.77. The first-order chi connectivity index (χ1) is 14.6. The molecule has 1 heterocycles. The van der Waals surface area contributed by atoms with E-state index in [-0.39, 0.29) is 4.90 Å². The summed E-state index contributed by atoms with van der Waals surface area (Å²) in [5.74, 6) is 1.24. The minimum Gasteiger partial charge on any atom is -0.457 e. The van der Waals surface area contributed by atoms with Gasteiger partial charge >= 0.3 is 0 Å². The van der Waals surface area contributed by atoms with E-state index < -0.39 is 10.0 Å². The number of sulfonamides is 1. The van der Waals surface area contributed by atoms with Gasteiger partial charge in [-0.2, -0.15) is 0 Å². The first kappa shape index (κ1) is 18.3. The normalized spacial score (nSPS) is 11.6. The van der Waals surface area contributed by atoms with E-state index in [1.165, 1.54) is 12.1 Å². The lowest BCUT2D eigenvalue weighted by molar-refractivity contribution is 0.482. The van der Waals surface area contributed by atoms with Crippen LogP contribution < -0.4 is 9.46 Å². The maximum atomic E-state index is 12.8. The molecule has 1 aromatic heterocycles. The number of anilines is 1. The van der Waals surface area contributed by atoms with Gasteiger partial charge in [0.1, 0.15) is 22.7 Å². The highest BCUT2D eigenvalue weighted by Gasteiger charge is 2.16. The largest absolute Gasteiger partial charge is 0.457 e. The van der Waals surface area contributed by atoms with Crippen molar-refractivity contribution in [2.75, 3.05) is 4.72 Å². The number of hydrogen-bond donors (Lipinski definition) is 1. The van der Waals surface area contributed by atoms with Gasteiger partial charge in [-0.3, -0.25) is 4.72 Å². The van der Waals surface area contributed by atoms with Crippen molar-refractivity contribution >= 4 is 37.6 Å². The molecular formula is C24H17NO4S. The highest BCUT2D eigenvalue weighted by atomic mass is 32.2. The van der Waals surface area contributed by atoms with Crippen molar-refractivity contribution in [3.8, 4) is 11.5 Å². The molecule has 1 N–H and O–H groups in total. The fraction of sp³-hybridized carbons (Fsp3) is 0. The fourth-order valence-electron chi connectivity index (χ4n) is 3.31. The number of hydrogen-bond acceptors (Lipinski definition) is 4. The van der Waals surface area contributed by atoms with Crippen LogP contribution in [0.25, 0.3) is 21.9 Å². The number of para-hydroxylation sites is 2. The van der Waals surface area contributed by atoms with Crippen LogP contribution in [0, 0.1) is 0 Å². The Morgan fingerprint density at radius 1 is 0.667 bits per heavy atom. The summed E-state index contributed by atoms with van der Waals surface area (Å²) in [6.45, 7) is 0. The van der Waals surface area contributed by atoms with Gasteiger partial charge in [-0.25, -0.2) is 8.42 Å². The van der Waals surface area contributed by atoms with Crippen molar-refractivity contribution in [1.29, 1.82) is 0 Å². The minimum atomic E-state index is -3.75. The van der Waals surface area contributed by atoms with Crippen LogP contribution in [0.2, 0.25) is 0 Å². The van der Waals surface area contributed by atoms with Crippen LogP contribution in [-0.4, -0.2) is 8.42 Å². The average Bonchev–Trinajstić information content (AvgIpc) is 3.12. The second kappa shape index (κ2) is 7.24. The summed E-state index contributed by atoms with van der Waals surface area (Å²) in [6.07, 6.45) is 0. The number of furan rings is 1. The van der Waals surface area contributed by atoms with Crippen LogP contribution in [0.5, 0.6) is 11.5 Å². The van der Waals surface area contributed by atoms with Gasteiger partial charge in [0.15, 0.2) is 0 Å². The summed E-state index contributed by atoms with van der Waals surface area (Å²) in [7, 11) is -3.75. The maximum Gasteiger partial charge on any atom is 0.261 e. The molecule has 6 heteroatoms. The second-order valence-corrected chi connectivity index (χ2v) is 8.48. The van der Waals surface area contributed by atoms with E-state index in [1.54, 1.807) is 24.3 Å². The molecule has 0 aliphatic carbocycles. The second-order valence-electron chi connectivity index (χ2n) is 6.80. The van der Waals surface area contributed by atoms with Crippen molar-refractivity contribution in [3.63, 3.8) is 0 Å². The van der Waals surface area contributed by atoms with Crippen LogP contribution in [0.4, 0.5) is 5.69 Å². The van der Waals surface area contributed by atoms with Crippen LogP contribution in [0.15, 0.2) is 106 Å². The van der Waals surface area contributed by atoms with E-state index in [2.05, 4.69) is 4.72 Å². The molecule has 0 spiro atoms. The predicted molar refractivity (Wildman–Crippen MR) is 117 cm³/mol. The fourth-order valence-corrected chi connectivity index (χ4v) is 4.36. The molecule has 148 valence electrons. The molecule has 0 atom stereocenters. The molecule has 5 nitrogen and oxygen atoms in total. The summed E-state index contributed by atoms with van der Waals surface area (Å²) in [5.41, 5.74) is 1.83. The van der Waals surface area contributed by atoms with E-state index in [9.17, 15) is 8.42 Å². The molecule has 0 aliphatic rings. The van der Waals surface area contributed by atoms with Crippen LogP contribution in [-0.2, 0) is 10.0 Å². The zero-order chi connectivity index (χ0) is 20.6. The molecule has 5 aromatic rings. The van der Waals surface area contributed by atoms with E-state index >= 15 is 0 Å². The first-order valence-electron chi connectivity index (χ1n) is 9.36. The molecular weight excluding hydrogens is 398 g/mol. The van der Waals surface area contributed by atoms with Gasteiger partial charge in [-0.05, 0) is 54.6 Å². The summed E-state index contributed by atoms with van der Waals surface area (Å²) in [4.78, 5) is 0.146. The third-order valence-corrected chi connectivity index (χ3v) is 6.14. The Labute approximate surface area is 173 Å². The molecule has 30 heavy (non-hydrogen) atoms. The van der Waals surface area contributed by atoms with Crippen molar-refractivity contribution in [3.05, 3.63) is 97.1 Å². The van der Waals surface area contributed by atoms with Gasteiger partial charge < -0.3 is 9.15 Å². The zero-order valence-electron chi connectivity index (χ0n) is 15.8. The third-order valence-electron chi connectivity index (χ3n) is 4.74. The maximum absolute atomic E-state index is 12.8. The van der Waals surface area contributed by atoms with E-state index in [0.717, 1.165) is 16.4 Å². The Balaban J connectivity index is 1.39. The van der Waals surface area contributed by atoms with Crippen molar-refractivity contribution < 1.29 is 17.6 Å². The molecule has 0 radical (unpaired) electrons. The van der Waals surface area contributed by atoms with Gasteiger partial charge in [0.05, 0.1) is 10.6 Å². The molecule has 0 bridgehead atoms. The van der Waals surface area contributed by atoms with Crippen LogP contribution in [0.3, 0.4) is 0 Å². The Morgan fingerprint density at radius 2 is 1.33 bits per heavy atom. The van der Waals surface area contributed by atoms with E-state index in [4.69, 9.17) is 9.15 Å². The molecule has 0 saturated carbocycles. The lowest BCUT2D eigenvalue weighted by atomic mass is 10.1. The highest BCUT2D eigenvalue weighted by molar-refractivity contribution is 7.92. The smallest absolute Gasteiger partial charge is 0.261 e. The molecule has 5 rings (SSSR count). The lowest BCUT2D eigenvalue weighted by Crippen LogP contribution is -2.12. The van der Waals surface area contributed by atoms with Gasteiger partial charge in [0.25, 0.3) is 10.0 Å². The Morgan fingerprint density at radius 3 is 2.13 bits per heavy atom. The molecule has 0 aliphatic heterocycles. The number of nitrogens with one attached hydrogen (secondary N) is 1. The Kier molecular flexibility index (Phi) is 4.41. The topological polar surface area (TPSA) is 68.5 Å². The number of ether oxygens (including phenoxy) is 1. The zero-order valence-corrected chi connectivity index (χ0v) is 16.6. The molecule has 0 unspecified atom stereocenters. The quantitative estimate of drug-likeness (QED) is 0.372. The predicted octanol–water partition coefficient (Wildman–Crippen LogP) is 6.18. The van der Waals surface area contributed by atoms with E-state index in [0.29, 0.717) is 22.8 Å². The standard InChI is InChI=1S/C24H17NO4S/c26-30(27,20-13-11-19(12-14-20)28-18-6-2-1-3-7-18)25-17-10-15-22-21-8-4-5-9-23(21)29-24(22)16-17/h1-16,25H. The summed E-state index contributed by atoms with van der Waals surface area (Å²) in [6, 6.07) is 28.6. The number of benzene rings is 4. The molecule has 0 fully saturated rings. The molecule has 0 saturated heterocycles. The molecule has 0 amide bonds. The lowest BCUT2D eigenvalue weighted by Gasteiger charge is -2.09. The van der Waals surface area contributed by atoms with Crippen LogP contribution >= 0.6 is 0 Å². The van der Waals surface area contributed by atoms with Crippen LogP contribution in [0.1, 0.15) is 0 Å². The van der Waals surface area contributed by atoms with Gasteiger partial charge in [0.2, 0.25) is 0 Å². The SMILES string of the molecule is O=S(=O)(Nc1ccc2c(c1)oc1ccccc12)c1ccc(Oc2ccccc2)cc1. The van der Waals surface area contributed by atoms with Gasteiger partial charge in [0, 0.05) is 16.8 Å². The summed E-state index contributed by atoms with van der Waals surface area (Å²) in [5, 5.41) is 1.94. The van der Waals surface area contributed by atoms with Crippen molar-refractivity contribution in [2.45, 2.75) is 4.90 Å². The highest BCUT2D eigenvalue weighted by Crippen LogP contribution is 2.31. The molecule has 4 aromatic carbocycles. The third kappa shape index (κ3) is 3.49. The summed E-state index contributed by atoms with van der Waals surface area (Å²) < 4.78 is 39.8. The monoisotopic (exact) mass is 415 g/mol. The average molecular weight is 415 g/mol. The van der Waals surface area contributed by atoms with Crippen molar-refractivity contribution in [2.24, 2.45) is 0 Å². The van der Waals surface area contributed by atoms with Crippen molar-refractivity contribution in [1.82, 2.24) is 0 Å². The van der Waals surface area contributed by atoms with E-state index in [1.807, 2.05) is 60.7 Å². The first-order valence-corrected chi connectivity index (χ1v) is 10.8.